The first kappa shape index (κ1) is 17.0. The number of hydrogen-bond donors (Lipinski definition) is 2. The van der Waals surface area contributed by atoms with Crippen LogP contribution < -0.4 is 10.1 Å². The molecule has 0 bridgehead atoms. The van der Waals surface area contributed by atoms with Crippen LogP contribution in [0.15, 0.2) is 18.2 Å². The lowest BCUT2D eigenvalue weighted by Crippen LogP contribution is -2.36. The Morgan fingerprint density at radius 2 is 2.05 bits per heavy atom. The minimum absolute atomic E-state index is 0.331. The van der Waals surface area contributed by atoms with Crippen molar-refractivity contribution >= 4 is 0 Å². The Hall–Kier alpha value is -1.06. The van der Waals surface area contributed by atoms with Crippen LogP contribution in [0.1, 0.15) is 44.2 Å². The van der Waals surface area contributed by atoms with Gasteiger partial charge in [0.1, 0.15) is 18.5 Å². The molecule has 2 N–H and O–H groups in total. The van der Waals surface area contributed by atoms with Gasteiger partial charge in [-0.3, -0.25) is 0 Å². The van der Waals surface area contributed by atoms with Gasteiger partial charge >= 0.3 is 0 Å². The van der Waals surface area contributed by atoms with Crippen molar-refractivity contribution in [3.8, 4) is 5.75 Å². The van der Waals surface area contributed by atoms with Crippen molar-refractivity contribution in [2.45, 2.75) is 59.1 Å². The van der Waals surface area contributed by atoms with Crippen molar-refractivity contribution in [3.63, 3.8) is 0 Å². The first-order chi connectivity index (χ1) is 9.52. The summed E-state index contributed by atoms with van der Waals surface area (Å²) in [4.78, 5) is 0. The average Bonchev–Trinajstić information content (AvgIpc) is 2.41. The quantitative estimate of drug-likeness (QED) is 0.729. The number of rotatable bonds is 9. The predicted molar refractivity (Wildman–Crippen MR) is 84.4 cm³/mol. The number of hydrogen-bond acceptors (Lipinski definition) is 3. The number of unbranched alkanes of at least 4 members (excludes halogenated alkanes) is 1. The molecule has 2 unspecified atom stereocenters. The number of aryl methyl sites for hydroxylation is 2. The Labute approximate surface area is 123 Å². The van der Waals surface area contributed by atoms with Crippen molar-refractivity contribution in [2.24, 2.45) is 0 Å². The van der Waals surface area contributed by atoms with Gasteiger partial charge in [-0.15, -0.1) is 0 Å². The van der Waals surface area contributed by atoms with E-state index in [1.807, 2.05) is 19.1 Å². The third kappa shape index (κ3) is 6.40. The summed E-state index contributed by atoms with van der Waals surface area (Å²) in [6.07, 6.45) is 3.12. The monoisotopic (exact) mass is 279 g/mol. The Bertz CT molecular complexity index is 393. The SMILES string of the molecule is CCCCC(C)NCC(O)COc1ccc(C)cc1C. The Balaban J connectivity index is 2.27. The standard InChI is InChI=1S/C17H29NO2/c1-5-6-7-15(4)18-11-16(19)12-20-17-9-8-13(2)10-14(17)3/h8-10,15-16,18-19H,5-7,11-12H2,1-4H3. The summed E-state index contributed by atoms with van der Waals surface area (Å²) in [7, 11) is 0. The molecule has 1 aromatic carbocycles. The van der Waals surface area contributed by atoms with E-state index < -0.39 is 6.10 Å². The molecule has 2 atom stereocenters. The molecule has 0 aromatic heterocycles. The second kappa shape index (κ2) is 8.98. The van der Waals surface area contributed by atoms with Gasteiger partial charge in [0, 0.05) is 12.6 Å². The van der Waals surface area contributed by atoms with Crippen molar-refractivity contribution < 1.29 is 9.84 Å². The second-order valence-corrected chi connectivity index (χ2v) is 5.69. The molecule has 0 saturated carbocycles. The minimum atomic E-state index is -0.472. The van der Waals surface area contributed by atoms with E-state index in [0.29, 0.717) is 19.2 Å². The molecular weight excluding hydrogens is 250 g/mol. The molecule has 1 rings (SSSR count). The third-order valence-corrected chi connectivity index (χ3v) is 3.45. The van der Waals surface area contributed by atoms with Crippen LogP contribution in [0.5, 0.6) is 5.75 Å². The van der Waals surface area contributed by atoms with E-state index in [2.05, 4.69) is 32.2 Å². The van der Waals surface area contributed by atoms with E-state index in [4.69, 9.17) is 4.74 Å². The van der Waals surface area contributed by atoms with Gasteiger partial charge in [-0.05, 0) is 38.8 Å². The van der Waals surface area contributed by atoms with Gasteiger partial charge in [0.25, 0.3) is 0 Å². The van der Waals surface area contributed by atoms with Crippen LogP contribution in [0.3, 0.4) is 0 Å². The highest BCUT2D eigenvalue weighted by Crippen LogP contribution is 2.18. The van der Waals surface area contributed by atoms with Crippen LogP contribution in [0.2, 0.25) is 0 Å². The predicted octanol–water partition coefficient (Wildman–Crippen LogP) is 3.21. The van der Waals surface area contributed by atoms with Gasteiger partial charge < -0.3 is 15.2 Å². The summed E-state index contributed by atoms with van der Waals surface area (Å²) in [6, 6.07) is 6.53. The number of aliphatic hydroxyl groups is 1. The summed E-state index contributed by atoms with van der Waals surface area (Å²) in [5.74, 6) is 0.855. The second-order valence-electron chi connectivity index (χ2n) is 5.69. The Morgan fingerprint density at radius 1 is 1.30 bits per heavy atom. The van der Waals surface area contributed by atoms with Crippen LogP contribution >= 0.6 is 0 Å². The number of aliphatic hydroxyl groups excluding tert-OH is 1. The maximum Gasteiger partial charge on any atom is 0.122 e. The molecule has 0 saturated heterocycles. The largest absolute Gasteiger partial charge is 0.491 e. The fourth-order valence-corrected chi connectivity index (χ4v) is 2.16. The van der Waals surface area contributed by atoms with E-state index >= 15 is 0 Å². The lowest BCUT2D eigenvalue weighted by Gasteiger charge is -2.18. The number of benzene rings is 1. The van der Waals surface area contributed by atoms with Crippen molar-refractivity contribution in [1.82, 2.24) is 5.32 Å². The fraction of sp³-hybridized carbons (Fsp3) is 0.647. The van der Waals surface area contributed by atoms with Crippen molar-refractivity contribution in [2.75, 3.05) is 13.2 Å². The topological polar surface area (TPSA) is 41.5 Å². The third-order valence-electron chi connectivity index (χ3n) is 3.45. The minimum Gasteiger partial charge on any atom is -0.491 e. The van der Waals surface area contributed by atoms with Gasteiger partial charge in [0.2, 0.25) is 0 Å². The first-order valence-electron chi connectivity index (χ1n) is 7.64. The van der Waals surface area contributed by atoms with Crippen LogP contribution in [0.25, 0.3) is 0 Å². The molecule has 3 heteroatoms. The van der Waals surface area contributed by atoms with E-state index in [1.165, 1.54) is 18.4 Å². The van der Waals surface area contributed by atoms with E-state index in [1.54, 1.807) is 0 Å². The highest BCUT2D eigenvalue weighted by molar-refractivity contribution is 5.35. The first-order valence-corrected chi connectivity index (χ1v) is 7.64. The molecule has 3 nitrogen and oxygen atoms in total. The molecule has 0 radical (unpaired) electrons. The molecule has 1 aromatic rings. The van der Waals surface area contributed by atoms with Gasteiger partial charge in [-0.2, -0.15) is 0 Å². The summed E-state index contributed by atoms with van der Waals surface area (Å²) in [5.41, 5.74) is 2.34. The fourth-order valence-electron chi connectivity index (χ4n) is 2.16. The van der Waals surface area contributed by atoms with Crippen LogP contribution in [-0.2, 0) is 0 Å². The van der Waals surface area contributed by atoms with Gasteiger partial charge in [0.15, 0.2) is 0 Å². The average molecular weight is 279 g/mol. The van der Waals surface area contributed by atoms with E-state index in [-0.39, 0.29) is 0 Å². The highest BCUT2D eigenvalue weighted by atomic mass is 16.5. The van der Waals surface area contributed by atoms with Crippen LogP contribution in [0, 0.1) is 13.8 Å². The lowest BCUT2D eigenvalue weighted by atomic mass is 10.1. The van der Waals surface area contributed by atoms with Crippen LogP contribution in [0.4, 0.5) is 0 Å². The molecule has 0 amide bonds. The summed E-state index contributed by atoms with van der Waals surface area (Å²) < 4.78 is 5.68. The van der Waals surface area contributed by atoms with Gasteiger partial charge in [-0.1, -0.05) is 37.5 Å². The molecule has 0 heterocycles. The van der Waals surface area contributed by atoms with E-state index in [9.17, 15) is 5.11 Å². The Morgan fingerprint density at radius 3 is 2.70 bits per heavy atom. The number of ether oxygens (including phenoxy) is 1. The molecule has 0 aliphatic carbocycles. The normalized spacial score (nSPS) is 14.1. The maximum absolute atomic E-state index is 9.94. The molecule has 114 valence electrons. The summed E-state index contributed by atoms with van der Waals surface area (Å²) >= 11 is 0. The lowest BCUT2D eigenvalue weighted by molar-refractivity contribution is 0.103. The summed E-state index contributed by atoms with van der Waals surface area (Å²) in [6.45, 7) is 9.35. The molecule has 0 aliphatic rings. The zero-order chi connectivity index (χ0) is 15.0. The molecule has 0 spiro atoms. The van der Waals surface area contributed by atoms with Gasteiger partial charge in [0.05, 0.1) is 0 Å². The van der Waals surface area contributed by atoms with Gasteiger partial charge in [-0.25, -0.2) is 0 Å². The zero-order valence-corrected chi connectivity index (χ0v) is 13.3. The number of nitrogens with one attached hydrogen (secondary N) is 1. The molecule has 0 aliphatic heterocycles. The smallest absolute Gasteiger partial charge is 0.122 e. The van der Waals surface area contributed by atoms with Crippen molar-refractivity contribution in [1.29, 1.82) is 0 Å². The zero-order valence-electron chi connectivity index (χ0n) is 13.3. The van der Waals surface area contributed by atoms with Crippen molar-refractivity contribution in [3.05, 3.63) is 29.3 Å². The Kier molecular flexibility index (Phi) is 7.63. The van der Waals surface area contributed by atoms with E-state index in [0.717, 1.165) is 17.7 Å². The summed E-state index contributed by atoms with van der Waals surface area (Å²) in [5, 5.41) is 13.3. The molecular formula is C17H29NO2. The van der Waals surface area contributed by atoms with Crippen LogP contribution in [-0.4, -0.2) is 30.4 Å². The highest BCUT2D eigenvalue weighted by Gasteiger charge is 2.08. The maximum atomic E-state index is 9.94. The molecule has 20 heavy (non-hydrogen) atoms. The molecule has 0 fully saturated rings.